The van der Waals surface area contributed by atoms with Crippen molar-refractivity contribution >= 4 is 13.7 Å². The number of nitrogens with zero attached hydrogens (tertiary/aromatic N) is 1. The second-order valence-corrected chi connectivity index (χ2v) is 7.09. The zero-order chi connectivity index (χ0) is 12.6. The Morgan fingerprint density at radius 3 is 2.76 bits per heavy atom. The predicted molar refractivity (Wildman–Crippen MR) is 76.5 cm³/mol. The molecule has 2 rings (SSSR count). The van der Waals surface area contributed by atoms with E-state index in [4.69, 9.17) is 5.41 Å². The van der Waals surface area contributed by atoms with Crippen LogP contribution in [0.1, 0.15) is 52.9 Å². The van der Waals surface area contributed by atoms with Crippen LogP contribution in [-0.4, -0.2) is 31.2 Å². The molecule has 1 saturated carbocycles. The van der Waals surface area contributed by atoms with Crippen molar-refractivity contribution in [1.29, 1.82) is 5.41 Å². The van der Waals surface area contributed by atoms with E-state index >= 15 is 0 Å². The first kappa shape index (κ1) is 13.0. The van der Waals surface area contributed by atoms with Gasteiger partial charge in [0, 0.05) is 18.5 Å². The van der Waals surface area contributed by atoms with E-state index < -0.39 is 0 Å². The number of amidine groups is 1. The summed E-state index contributed by atoms with van der Waals surface area (Å²) in [6.07, 6.45) is 6.52. The highest BCUT2D eigenvalue weighted by molar-refractivity contribution is 6.14. The van der Waals surface area contributed by atoms with Crippen LogP contribution in [0.4, 0.5) is 0 Å². The maximum Gasteiger partial charge on any atom is 0.109 e. The molecule has 96 valence electrons. The minimum absolute atomic E-state index is 0.500. The van der Waals surface area contributed by atoms with Crippen molar-refractivity contribution < 1.29 is 0 Å². The molecule has 1 heterocycles. The Bertz CT molecular complexity index is 299. The fourth-order valence-corrected chi connectivity index (χ4v) is 3.83. The quantitative estimate of drug-likeness (QED) is 0.694. The van der Waals surface area contributed by atoms with Crippen LogP contribution in [0, 0.1) is 17.2 Å². The van der Waals surface area contributed by atoms with Crippen molar-refractivity contribution in [2.45, 2.75) is 64.2 Å². The van der Waals surface area contributed by atoms with Crippen molar-refractivity contribution in [3.8, 4) is 0 Å². The maximum atomic E-state index is 8.45. The summed E-state index contributed by atoms with van der Waals surface area (Å²) in [6.45, 7) is 7.95. The van der Waals surface area contributed by atoms with Gasteiger partial charge in [-0.15, -0.1) is 0 Å². The minimum Gasteiger partial charge on any atom is -0.358 e. The lowest BCUT2D eigenvalue weighted by Gasteiger charge is -2.43. The summed E-state index contributed by atoms with van der Waals surface area (Å²) in [4.78, 5) is 2.32. The number of piperidine rings is 1. The average Bonchev–Trinajstić information content (AvgIpc) is 2.35. The molecule has 0 aromatic carbocycles. The molecule has 3 heteroatoms. The summed E-state index contributed by atoms with van der Waals surface area (Å²) < 4.78 is 0. The molecular weight excluding hydrogens is 207 g/mol. The summed E-state index contributed by atoms with van der Waals surface area (Å²) in [5.74, 6) is 2.26. The van der Waals surface area contributed by atoms with Crippen molar-refractivity contribution in [3.63, 3.8) is 0 Å². The number of nitrogens with one attached hydrogen (secondary N) is 1. The number of hydrogen-bond donors (Lipinski definition) is 1. The average molecular weight is 234 g/mol. The van der Waals surface area contributed by atoms with Crippen LogP contribution in [0.2, 0.25) is 5.31 Å². The van der Waals surface area contributed by atoms with Gasteiger partial charge in [-0.3, -0.25) is 5.41 Å². The van der Waals surface area contributed by atoms with Crippen molar-refractivity contribution in [2.24, 2.45) is 11.8 Å². The summed E-state index contributed by atoms with van der Waals surface area (Å²) in [5, 5.41) is 8.95. The van der Waals surface area contributed by atoms with Gasteiger partial charge in [-0.25, -0.2) is 0 Å². The first-order chi connectivity index (χ1) is 7.91. The lowest BCUT2D eigenvalue weighted by molar-refractivity contribution is 0.209. The Labute approximate surface area is 107 Å². The zero-order valence-electron chi connectivity index (χ0n) is 11.9. The van der Waals surface area contributed by atoms with Gasteiger partial charge in [0.05, 0.1) is 5.84 Å². The Morgan fingerprint density at radius 2 is 2.12 bits per heavy atom. The first-order valence-corrected chi connectivity index (χ1v) is 7.26. The van der Waals surface area contributed by atoms with E-state index in [1.54, 1.807) is 0 Å². The largest absolute Gasteiger partial charge is 0.358 e. The fraction of sp³-hybridized carbons (Fsp3) is 0.929. The third-order valence-corrected chi connectivity index (χ3v) is 4.78. The minimum atomic E-state index is 0.500. The molecule has 0 radical (unpaired) electrons. The smallest absolute Gasteiger partial charge is 0.109 e. The normalized spacial score (nSPS) is 39.1. The van der Waals surface area contributed by atoms with E-state index in [2.05, 4.69) is 33.5 Å². The van der Waals surface area contributed by atoms with Gasteiger partial charge in [0.15, 0.2) is 0 Å². The molecule has 0 bridgehead atoms. The lowest BCUT2D eigenvalue weighted by Crippen LogP contribution is -2.48. The van der Waals surface area contributed by atoms with Crippen molar-refractivity contribution in [3.05, 3.63) is 0 Å². The molecule has 17 heavy (non-hydrogen) atoms. The predicted octanol–water partition coefficient (Wildman–Crippen LogP) is 2.70. The Balaban J connectivity index is 2.12. The molecule has 0 spiro atoms. The van der Waals surface area contributed by atoms with E-state index in [1.807, 2.05) is 0 Å². The number of likely N-dealkylation sites (tertiary alicyclic amines) is 1. The number of hydrogen-bond acceptors (Lipinski definition) is 1. The molecule has 3 unspecified atom stereocenters. The topological polar surface area (TPSA) is 27.1 Å². The third-order valence-electron chi connectivity index (χ3n) is 4.78. The molecule has 1 N–H and O–H groups in total. The van der Waals surface area contributed by atoms with Crippen molar-refractivity contribution in [2.75, 3.05) is 6.54 Å². The monoisotopic (exact) mass is 234 g/mol. The van der Waals surface area contributed by atoms with Gasteiger partial charge in [0.2, 0.25) is 0 Å². The highest BCUT2D eigenvalue weighted by Crippen LogP contribution is 2.46. The Morgan fingerprint density at radius 1 is 1.41 bits per heavy atom. The maximum absolute atomic E-state index is 8.45. The van der Waals surface area contributed by atoms with E-state index in [-0.39, 0.29) is 0 Å². The van der Waals surface area contributed by atoms with E-state index in [0.29, 0.717) is 17.3 Å². The summed E-state index contributed by atoms with van der Waals surface area (Å²) in [7, 11) is 2.41. The molecule has 1 saturated heterocycles. The van der Waals surface area contributed by atoms with Crippen LogP contribution in [0.5, 0.6) is 0 Å². The van der Waals surface area contributed by atoms with Gasteiger partial charge in [0.1, 0.15) is 7.85 Å². The lowest BCUT2D eigenvalue weighted by atomic mass is 9.62. The van der Waals surface area contributed by atoms with Crippen LogP contribution in [0.25, 0.3) is 0 Å². The van der Waals surface area contributed by atoms with Crippen LogP contribution in [0.3, 0.4) is 0 Å². The molecule has 2 fully saturated rings. The second-order valence-electron chi connectivity index (χ2n) is 7.09. The van der Waals surface area contributed by atoms with Gasteiger partial charge >= 0.3 is 0 Å². The standard InChI is InChI=1S/C14H27BN2/c1-10(2)17-8-6-11-9-14(3,15)7-4-5-12(11)13(17)16/h10-12,16H,4-9,15H2,1-3H3. The molecule has 1 aliphatic carbocycles. The molecular formula is C14H27BN2. The van der Waals surface area contributed by atoms with E-state index in [0.717, 1.165) is 18.3 Å². The third kappa shape index (κ3) is 2.69. The van der Waals surface area contributed by atoms with E-state index in [9.17, 15) is 0 Å². The molecule has 0 aromatic rings. The van der Waals surface area contributed by atoms with Gasteiger partial charge in [0.25, 0.3) is 0 Å². The summed E-state index contributed by atoms with van der Waals surface area (Å²) >= 11 is 0. The van der Waals surface area contributed by atoms with Crippen LogP contribution < -0.4 is 0 Å². The fourth-order valence-electron chi connectivity index (χ4n) is 3.83. The molecule has 1 aliphatic heterocycles. The van der Waals surface area contributed by atoms with Crippen LogP contribution >= 0.6 is 0 Å². The van der Waals surface area contributed by atoms with Crippen LogP contribution in [-0.2, 0) is 0 Å². The SMILES string of the molecule is BC1(C)CCCC2C(=N)N(C(C)C)CCC2C1. The Kier molecular flexibility index (Phi) is 3.56. The van der Waals surface area contributed by atoms with Crippen LogP contribution in [0.15, 0.2) is 0 Å². The van der Waals surface area contributed by atoms with Gasteiger partial charge in [-0.2, -0.15) is 0 Å². The molecule has 2 aliphatic rings. The second kappa shape index (κ2) is 4.66. The van der Waals surface area contributed by atoms with Gasteiger partial charge in [-0.05, 0) is 32.6 Å². The number of fused-ring (bicyclic) bond motifs is 1. The summed E-state index contributed by atoms with van der Waals surface area (Å²) in [5.41, 5.74) is 0. The molecule has 2 nitrogen and oxygen atoms in total. The summed E-state index contributed by atoms with van der Waals surface area (Å²) in [6, 6.07) is 0.500. The zero-order valence-corrected chi connectivity index (χ0v) is 11.9. The molecule has 0 aromatic heterocycles. The highest BCUT2D eigenvalue weighted by atomic mass is 15.2. The van der Waals surface area contributed by atoms with Gasteiger partial charge in [-0.1, -0.05) is 31.5 Å². The first-order valence-electron chi connectivity index (χ1n) is 7.26. The van der Waals surface area contributed by atoms with Gasteiger partial charge < -0.3 is 4.90 Å². The highest BCUT2D eigenvalue weighted by Gasteiger charge is 2.39. The number of rotatable bonds is 1. The van der Waals surface area contributed by atoms with E-state index in [1.165, 1.54) is 32.1 Å². The van der Waals surface area contributed by atoms with Crippen molar-refractivity contribution in [1.82, 2.24) is 4.90 Å². The Hall–Kier alpha value is -0.465. The molecule has 3 atom stereocenters. The molecule has 0 amide bonds.